The number of nitrogens with two attached hydrogens (primary N) is 1. The van der Waals surface area contributed by atoms with Crippen LogP contribution in [0.1, 0.15) is 40.5 Å². The molecule has 3 rings (SSSR count). The number of carboxylic acids is 1. The van der Waals surface area contributed by atoms with E-state index in [1.54, 1.807) is 53.4 Å². The summed E-state index contributed by atoms with van der Waals surface area (Å²) < 4.78 is 5.94. The molecule has 0 radical (unpaired) electrons. The Labute approximate surface area is 210 Å². The first-order valence-corrected chi connectivity index (χ1v) is 11.8. The van der Waals surface area contributed by atoms with Crippen molar-refractivity contribution in [3.05, 3.63) is 65.7 Å². The van der Waals surface area contributed by atoms with E-state index in [1.165, 1.54) is 14.0 Å². The van der Waals surface area contributed by atoms with Crippen LogP contribution in [-0.2, 0) is 9.59 Å². The minimum atomic E-state index is -1.10. The van der Waals surface area contributed by atoms with E-state index in [-0.39, 0.29) is 43.5 Å². The van der Waals surface area contributed by atoms with Gasteiger partial charge >= 0.3 is 5.97 Å². The largest absolute Gasteiger partial charge is 0.491 e. The lowest BCUT2D eigenvalue weighted by Gasteiger charge is -2.25. The summed E-state index contributed by atoms with van der Waals surface area (Å²) in [6.07, 6.45) is 0.695. The van der Waals surface area contributed by atoms with E-state index in [0.717, 1.165) is 4.90 Å². The third-order valence-electron chi connectivity index (χ3n) is 6.25. The Morgan fingerprint density at radius 3 is 2.50 bits per heavy atom. The summed E-state index contributed by atoms with van der Waals surface area (Å²) >= 11 is 0. The highest BCUT2D eigenvalue weighted by molar-refractivity contribution is 5.96. The molecule has 3 atom stereocenters. The Kier molecular flexibility index (Phi) is 9.02. The highest BCUT2D eigenvalue weighted by Crippen LogP contribution is 2.22. The maximum absolute atomic E-state index is 12.7. The van der Waals surface area contributed by atoms with E-state index in [2.05, 4.69) is 5.32 Å². The van der Waals surface area contributed by atoms with Crippen LogP contribution in [0.5, 0.6) is 5.75 Å². The minimum absolute atomic E-state index is 0.115. The lowest BCUT2D eigenvalue weighted by molar-refractivity contribution is -0.141. The fourth-order valence-electron chi connectivity index (χ4n) is 4.07. The fraction of sp³-hybridized carbons (Fsp3) is 0.385. The molecule has 0 spiro atoms. The Bertz CT molecular complexity index is 1090. The molecule has 0 aromatic heterocycles. The number of carboxylic acid groups (broad SMARTS) is 1. The van der Waals surface area contributed by atoms with E-state index in [4.69, 9.17) is 10.5 Å². The van der Waals surface area contributed by atoms with Gasteiger partial charge in [-0.1, -0.05) is 24.3 Å². The van der Waals surface area contributed by atoms with E-state index in [1.807, 2.05) is 6.07 Å². The van der Waals surface area contributed by atoms with E-state index < -0.39 is 17.9 Å². The van der Waals surface area contributed by atoms with Crippen molar-refractivity contribution in [1.82, 2.24) is 15.1 Å². The van der Waals surface area contributed by atoms with Gasteiger partial charge in [-0.2, -0.15) is 0 Å². The first kappa shape index (κ1) is 26.7. The third-order valence-corrected chi connectivity index (χ3v) is 6.25. The molecule has 0 bridgehead atoms. The van der Waals surface area contributed by atoms with Gasteiger partial charge in [0.15, 0.2) is 0 Å². The number of carbonyl (C=O) groups is 4. The molecule has 1 saturated heterocycles. The van der Waals surface area contributed by atoms with Crippen LogP contribution in [0.4, 0.5) is 0 Å². The molecule has 0 unspecified atom stereocenters. The Balaban J connectivity index is 1.67. The molecule has 1 aliphatic rings. The van der Waals surface area contributed by atoms with E-state index >= 15 is 0 Å². The molecule has 3 amide bonds. The molecule has 192 valence electrons. The molecule has 10 heteroatoms. The molecule has 0 saturated carbocycles. The number of aliphatic carboxylic acids is 1. The topological polar surface area (TPSA) is 142 Å². The van der Waals surface area contributed by atoms with Gasteiger partial charge < -0.3 is 30.7 Å². The number of likely N-dealkylation sites (N-methyl/N-ethyl adjacent to an activating group) is 1. The second-order valence-electron chi connectivity index (χ2n) is 8.78. The molecule has 1 aliphatic heterocycles. The SMILES string of the molecule is C[C@@H](C(=O)O)N(C)C(=O)c1cccc(OC[C@@H]2C[C@@H](NC(=O)c3ccccc3)CN2C(=O)CCN)c1. The lowest BCUT2D eigenvalue weighted by Crippen LogP contribution is -2.41. The highest BCUT2D eigenvalue weighted by atomic mass is 16.5. The van der Waals surface area contributed by atoms with Crippen LogP contribution in [0.2, 0.25) is 0 Å². The molecule has 1 heterocycles. The van der Waals surface area contributed by atoms with Crippen molar-refractivity contribution in [2.24, 2.45) is 5.73 Å². The van der Waals surface area contributed by atoms with Gasteiger partial charge in [0.05, 0.1) is 6.04 Å². The lowest BCUT2D eigenvalue weighted by atomic mass is 10.1. The highest BCUT2D eigenvalue weighted by Gasteiger charge is 2.36. The number of carbonyl (C=O) groups excluding carboxylic acids is 3. The van der Waals surface area contributed by atoms with Crippen molar-refractivity contribution in [3.8, 4) is 5.75 Å². The number of rotatable bonds is 10. The summed E-state index contributed by atoms with van der Waals surface area (Å²) in [5.41, 5.74) is 6.42. The van der Waals surface area contributed by atoms with Gasteiger partial charge in [0.1, 0.15) is 18.4 Å². The van der Waals surface area contributed by atoms with Crippen LogP contribution in [-0.4, -0.2) is 83.5 Å². The van der Waals surface area contributed by atoms with Crippen LogP contribution in [0, 0.1) is 0 Å². The fourth-order valence-corrected chi connectivity index (χ4v) is 4.07. The molecule has 2 aromatic rings. The van der Waals surface area contributed by atoms with Gasteiger partial charge in [-0.25, -0.2) is 4.79 Å². The van der Waals surface area contributed by atoms with Crippen molar-refractivity contribution in [3.63, 3.8) is 0 Å². The molecule has 0 aliphatic carbocycles. The molecular formula is C26H32N4O6. The average Bonchev–Trinajstić information content (AvgIpc) is 3.29. The van der Waals surface area contributed by atoms with Gasteiger partial charge in [0.25, 0.3) is 11.8 Å². The predicted octanol–water partition coefficient (Wildman–Crippen LogP) is 1.36. The monoisotopic (exact) mass is 496 g/mol. The van der Waals surface area contributed by atoms with Gasteiger partial charge in [-0.05, 0) is 43.7 Å². The second-order valence-corrected chi connectivity index (χ2v) is 8.78. The standard InChI is InChI=1S/C26H32N4O6/c1-17(26(34)35)29(2)25(33)19-9-6-10-22(13-19)36-16-21-14-20(15-30(21)23(31)11-12-27)28-24(32)18-7-4-3-5-8-18/h3-10,13,17,20-21H,11-12,14-16,27H2,1-2H3,(H,28,32)(H,34,35)/t17-,20+,21-/m0/s1. The second kappa shape index (κ2) is 12.2. The zero-order valence-electron chi connectivity index (χ0n) is 20.4. The summed E-state index contributed by atoms with van der Waals surface area (Å²) in [5, 5.41) is 12.2. The van der Waals surface area contributed by atoms with Gasteiger partial charge in [-0.15, -0.1) is 0 Å². The number of nitrogens with zero attached hydrogens (tertiary/aromatic N) is 2. The first-order valence-electron chi connectivity index (χ1n) is 11.8. The molecular weight excluding hydrogens is 464 g/mol. The Hall–Kier alpha value is -3.92. The number of amides is 3. The van der Waals surface area contributed by atoms with Gasteiger partial charge in [0, 0.05) is 43.7 Å². The third kappa shape index (κ3) is 6.60. The van der Waals surface area contributed by atoms with Crippen LogP contribution in [0.25, 0.3) is 0 Å². The maximum Gasteiger partial charge on any atom is 0.326 e. The van der Waals surface area contributed by atoms with Crippen LogP contribution in [0.3, 0.4) is 0 Å². The number of benzene rings is 2. The summed E-state index contributed by atoms with van der Waals surface area (Å²) in [4.78, 5) is 52.0. The van der Waals surface area contributed by atoms with Crippen molar-refractivity contribution in [2.75, 3.05) is 26.7 Å². The van der Waals surface area contributed by atoms with E-state index in [0.29, 0.717) is 29.8 Å². The summed E-state index contributed by atoms with van der Waals surface area (Å²) in [5.74, 6) is -1.45. The maximum atomic E-state index is 12.7. The first-order chi connectivity index (χ1) is 17.2. The van der Waals surface area contributed by atoms with Gasteiger partial charge in [-0.3, -0.25) is 14.4 Å². The Morgan fingerprint density at radius 1 is 1.14 bits per heavy atom. The number of ether oxygens (including phenoxy) is 1. The van der Waals surface area contributed by atoms with Crippen LogP contribution in [0.15, 0.2) is 54.6 Å². The molecule has 4 N–H and O–H groups in total. The minimum Gasteiger partial charge on any atom is -0.491 e. The quantitative estimate of drug-likeness (QED) is 0.451. The zero-order chi connectivity index (χ0) is 26.2. The van der Waals surface area contributed by atoms with Crippen molar-refractivity contribution in [1.29, 1.82) is 0 Å². The summed E-state index contributed by atoms with van der Waals surface area (Å²) in [7, 11) is 1.43. The van der Waals surface area contributed by atoms with Crippen LogP contribution < -0.4 is 15.8 Å². The summed E-state index contributed by atoms with van der Waals surface area (Å²) in [6, 6.07) is 13.8. The van der Waals surface area contributed by atoms with Gasteiger partial charge in [0.2, 0.25) is 5.91 Å². The normalized spacial score (nSPS) is 17.8. The number of hydrogen-bond acceptors (Lipinski definition) is 6. The molecule has 2 aromatic carbocycles. The van der Waals surface area contributed by atoms with Crippen molar-refractivity contribution >= 4 is 23.7 Å². The predicted molar refractivity (Wildman–Crippen MR) is 133 cm³/mol. The zero-order valence-corrected chi connectivity index (χ0v) is 20.4. The molecule has 1 fully saturated rings. The average molecular weight is 497 g/mol. The van der Waals surface area contributed by atoms with Crippen LogP contribution >= 0.6 is 0 Å². The molecule has 10 nitrogen and oxygen atoms in total. The summed E-state index contributed by atoms with van der Waals surface area (Å²) in [6.45, 7) is 2.16. The van der Waals surface area contributed by atoms with Crippen molar-refractivity contribution in [2.45, 2.75) is 37.9 Å². The number of hydrogen-bond donors (Lipinski definition) is 3. The smallest absolute Gasteiger partial charge is 0.326 e. The number of likely N-dealkylation sites (tertiary alicyclic amines) is 1. The molecule has 36 heavy (non-hydrogen) atoms. The Morgan fingerprint density at radius 2 is 1.83 bits per heavy atom. The van der Waals surface area contributed by atoms with E-state index in [9.17, 15) is 24.3 Å². The van der Waals surface area contributed by atoms with Crippen molar-refractivity contribution < 1.29 is 29.0 Å². The number of nitrogens with one attached hydrogen (secondary N) is 1.